The Morgan fingerprint density at radius 1 is 0.969 bits per heavy atom. The zero-order valence-electron chi connectivity index (χ0n) is 20.1. The van der Waals surface area contributed by atoms with Crippen molar-refractivity contribution in [3.05, 3.63) is 11.6 Å². The molecule has 2 aliphatic heterocycles. The zero-order chi connectivity index (χ0) is 22.6. The predicted molar refractivity (Wildman–Crippen MR) is 118 cm³/mol. The summed E-state index contributed by atoms with van der Waals surface area (Å²) in [5.74, 6) is -0.549. The van der Waals surface area contributed by atoms with E-state index in [1.54, 1.807) is 0 Å². The molecule has 0 aromatic carbocycles. The number of ether oxygens (including phenoxy) is 4. The van der Waals surface area contributed by atoms with Crippen LogP contribution >= 0.6 is 0 Å². The number of fused-ring (bicyclic) bond motifs is 5. The fraction of sp³-hybridized carbons (Fsp3) is 0.923. The van der Waals surface area contributed by atoms with Gasteiger partial charge in [-0.25, -0.2) is 0 Å². The van der Waals surface area contributed by atoms with Crippen LogP contribution in [-0.2, 0) is 18.9 Å². The second-order valence-electron chi connectivity index (χ2n) is 12.2. The summed E-state index contributed by atoms with van der Waals surface area (Å²) >= 11 is 0. The molecule has 1 spiro atoms. The molecule has 6 rings (SSSR count). The van der Waals surface area contributed by atoms with Gasteiger partial charge in [-0.3, -0.25) is 0 Å². The average Bonchev–Trinajstić information content (AvgIpc) is 3.44. The van der Waals surface area contributed by atoms with E-state index in [1.165, 1.54) is 5.57 Å². The first-order chi connectivity index (χ1) is 15.1. The van der Waals surface area contributed by atoms with Gasteiger partial charge in [-0.1, -0.05) is 32.4 Å². The maximum absolute atomic E-state index is 12.3. The molecule has 0 aromatic rings. The Morgan fingerprint density at radius 2 is 1.62 bits per heavy atom. The molecule has 8 atom stereocenters. The average molecular weight is 449 g/mol. The van der Waals surface area contributed by atoms with E-state index in [0.717, 1.165) is 32.1 Å². The number of aliphatic hydroxyl groups is 2. The van der Waals surface area contributed by atoms with Crippen molar-refractivity contribution in [1.29, 1.82) is 0 Å². The highest BCUT2D eigenvalue weighted by molar-refractivity contribution is 5.29. The molecule has 6 nitrogen and oxygen atoms in total. The summed E-state index contributed by atoms with van der Waals surface area (Å²) in [7, 11) is 0. The summed E-state index contributed by atoms with van der Waals surface area (Å²) in [6.45, 7) is 11.0. The lowest BCUT2D eigenvalue weighted by molar-refractivity contribution is -0.315. The normalized spacial score (nSPS) is 53.6. The van der Waals surface area contributed by atoms with Crippen molar-refractivity contribution < 1.29 is 29.2 Å². The van der Waals surface area contributed by atoms with Crippen LogP contribution in [0.5, 0.6) is 0 Å². The smallest absolute Gasteiger partial charge is 0.195 e. The number of hydrogen-bond acceptors (Lipinski definition) is 6. The summed E-state index contributed by atoms with van der Waals surface area (Å²) in [6, 6.07) is 0. The molecule has 5 fully saturated rings. The van der Waals surface area contributed by atoms with E-state index in [4.69, 9.17) is 18.9 Å². The summed E-state index contributed by atoms with van der Waals surface area (Å²) in [6.07, 6.45) is 7.13. The van der Waals surface area contributed by atoms with Gasteiger partial charge in [-0.05, 0) is 61.7 Å². The monoisotopic (exact) mass is 448 g/mol. The Bertz CT molecular complexity index is 813. The third kappa shape index (κ3) is 2.52. The molecule has 6 heteroatoms. The van der Waals surface area contributed by atoms with Crippen LogP contribution < -0.4 is 0 Å². The second-order valence-corrected chi connectivity index (χ2v) is 12.2. The molecule has 0 amide bonds. The van der Waals surface area contributed by atoms with E-state index < -0.39 is 28.7 Å². The van der Waals surface area contributed by atoms with Crippen LogP contribution in [0.1, 0.15) is 66.2 Å². The molecule has 2 N–H and O–H groups in total. The van der Waals surface area contributed by atoms with Gasteiger partial charge < -0.3 is 29.2 Å². The largest absolute Gasteiger partial charge is 0.393 e. The van der Waals surface area contributed by atoms with Crippen LogP contribution in [0.2, 0.25) is 0 Å². The SMILES string of the molecule is C[C@H]1C[C@H]2[C@@H]3CC=C4CC5(CC[C@]4(C)[C@H]3[C@H](O)C[C@]2(C)[C@@]1(O)C1(C)OCCO1)OCCO5. The topological polar surface area (TPSA) is 77.4 Å². The molecular formula is C26H40O6. The van der Waals surface area contributed by atoms with Gasteiger partial charge >= 0.3 is 0 Å². The summed E-state index contributed by atoms with van der Waals surface area (Å²) in [5, 5.41) is 24.0. The van der Waals surface area contributed by atoms with Crippen molar-refractivity contribution in [2.75, 3.05) is 26.4 Å². The van der Waals surface area contributed by atoms with Gasteiger partial charge in [0.25, 0.3) is 0 Å². The van der Waals surface area contributed by atoms with Crippen molar-refractivity contribution in [1.82, 2.24) is 0 Å². The van der Waals surface area contributed by atoms with Crippen LogP contribution in [-0.4, -0.2) is 59.9 Å². The lowest BCUT2D eigenvalue weighted by Gasteiger charge is -2.62. The minimum Gasteiger partial charge on any atom is -0.393 e. The Kier molecular flexibility index (Phi) is 4.67. The van der Waals surface area contributed by atoms with E-state index in [-0.39, 0.29) is 17.3 Å². The third-order valence-electron chi connectivity index (χ3n) is 11.0. The van der Waals surface area contributed by atoms with Gasteiger partial charge in [0.2, 0.25) is 0 Å². The molecule has 0 unspecified atom stereocenters. The summed E-state index contributed by atoms with van der Waals surface area (Å²) in [4.78, 5) is 0. The highest BCUT2D eigenvalue weighted by Gasteiger charge is 2.74. The van der Waals surface area contributed by atoms with Gasteiger partial charge in [0.15, 0.2) is 11.6 Å². The van der Waals surface area contributed by atoms with Crippen LogP contribution in [0.4, 0.5) is 0 Å². The van der Waals surface area contributed by atoms with Crippen LogP contribution in [0.25, 0.3) is 0 Å². The highest BCUT2D eigenvalue weighted by Crippen LogP contribution is 2.71. The van der Waals surface area contributed by atoms with E-state index in [2.05, 4.69) is 26.8 Å². The molecule has 4 aliphatic carbocycles. The minimum atomic E-state index is -1.12. The van der Waals surface area contributed by atoms with E-state index in [0.29, 0.717) is 44.7 Å². The number of aliphatic hydroxyl groups excluding tert-OH is 1. The highest BCUT2D eigenvalue weighted by atomic mass is 16.8. The van der Waals surface area contributed by atoms with E-state index >= 15 is 0 Å². The van der Waals surface area contributed by atoms with Gasteiger partial charge in [-0.15, -0.1) is 0 Å². The Morgan fingerprint density at radius 3 is 2.31 bits per heavy atom. The molecule has 0 bridgehead atoms. The first-order valence-electron chi connectivity index (χ1n) is 12.7. The first kappa shape index (κ1) is 22.0. The molecule has 2 saturated heterocycles. The van der Waals surface area contributed by atoms with Gasteiger partial charge in [0.05, 0.1) is 32.5 Å². The van der Waals surface area contributed by atoms with Gasteiger partial charge in [0.1, 0.15) is 5.60 Å². The fourth-order valence-corrected chi connectivity index (χ4v) is 9.52. The number of rotatable bonds is 1. The Hall–Kier alpha value is -0.500. The quantitative estimate of drug-likeness (QED) is 0.599. The second kappa shape index (κ2) is 6.79. The van der Waals surface area contributed by atoms with E-state index in [1.807, 2.05) is 6.92 Å². The molecule has 0 aromatic heterocycles. The Labute approximate surface area is 191 Å². The van der Waals surface area contributed by atoms with Crippen LogP contribution in [0.15, 0.2) is 11.6 Å². The van der Waals surface area contributed by atoms with Crippen molar-refractivity contribution in [3.63, 3.8) is 0 Å². The van der Waals surface area contributed by atoms with Crippen LogP contribution in [0.3, 0.4) is 0 Å². The summed E-state index contributed by atoms with van der Waals surface area (Å²) < 4.78 is 24.2. The minimum absolute atomic E-state index is 0.0413. The molecule has 2 heterocycles. The predicted octanol–water partition coefficient (Wildman–Crippen LogP) is 3.40. The van der Waals surface area contributed by atoms with Gasteiger partial charge in [-0.2, -0.15) is 0 Å². The fourth-order valence-electron chi connectivity index (χ4n) is 9.52. The molecule has 3 saturated carbocycles. The van der Waals surface area contributed by atoms with Crippen LogP contribution in [0, 0.1) is 34.5 Å². The molecular weight excluding hydrogens is 408 g/mol. The van der Waals surface area contributed by atoms with Crippen molar-refractivity contribution in [2.24, 2.45) is 34.5 Å². The molecule has 32 heavy (non-hydrogen) atoms. The maximum atomic E-state index is 12.3. The standard InChI is InChI=1S/C26H40O6/c1-16-13-19-18-6-5-17-14-25(31-11-12-32-25)8-7-22(17,2)21(18)20(27)15-23(19,3)26(16,28)24(4)29-9-10-30-24/h5,16,18-21,27-28H,6-15H2,1-4H3/t16-,18-,19-,20+,21+,22-,23-,26+/m0/s1. The number of hydrogen-bond donors (Lipinski definition) is 2. The maximum Gasteiger partial charge on any atom is 0.195 e. The van der Waals surface area contributed by atoms with E-state index in [9.17, 15) is 10.2 Å². The molecule has 180 valence electrons. The summed E-state index contributed by atoms with van der Waals surface area (Å²) in [5.41, 5.74) is -0.217. The lowest BCUT2D eigenvalue weighted by atomic mass is 9.45. The van der Waals surface area contributed by atoms with Gasteiger partial charge in [0, 0.05) is 18.3 Å². The van der Waals surface area contributed by atoms with Crippen molar-refractivity contribution in [3.8, 4) is 0 Å². The van der Waals surface area contributed by atoms with Crippen molar-refractivity contribution >= 4 is 0 Å². The lowest BCUT2D eigenvalue weighted by Crippen LogP contribution is -2.67. The zero-order valence-corrected chi connectivity index (χ0v) is 20.1. The number of allylic oxidation sites excluding steroid dienone is 1. The molecule has 0 radical (unpaired) electrons. The Balaban J connectivity index is 1.37. The van der Waals surface area contributed by atoms with Crippen molar-refractivity contribution in [2.45, 2.75) is 89.5 Å². The molecule has 6 aliphatic rings. The first-order valence-corrected chi connectivity index (χ1v) is 12.7. The third-order valence-corrected chi connectivity index (χ3v) is 11.0.